The third kappa shape index (κ3) is 2.58. The summed E-state index contributed by atoms with van der Waals surface area (Å²) in [6.07, 6.45) is 1.14. The van der Waals surface area contributed by atoms with E-state index in [0.29, 0.717) is 0 Å². The summed E-state index contributed by atoms with van der Waals surface area (Å²) < 4.78 is 7.93. The molecule has 4 heteroatoms. The van der Waals surface area contributed by atoms with Crippen molar-refractivity contribution >= 4 is 6.29 Å². The first-order chi connectivity index (χ1) is 8.11. The number of carbonyl (C=O) groups is 1. The molecule has 0 amide bonds. The van der Waals surface area contributed by atoms with Crippen LogP contribution in [0.3, 0.4) is 0 Å². The molecule has 1 aliphatic rings. The Morgan fingerprint density at radius 2 is 2.29 bits per heavy atom. The van der Waals surface area contributed by atoms with Crippen LogP contribution in [-0.2, 0) is 11.3 Å². The maximum atomic E-state index is 10.9. The van der Waals surface area contributed by atoms with Crippen molar-refractivity contribution in [2.45, 2.75) is 26.5 Å². The molecule has 0 radical (unpaired) electrons. The van der Waals surface area contributed by atoms with Crippen LogP contribution in [0, 0.1) is 13.8 Å². The first-order valence-electron chi connectivity index (χ1n) is 6.04. The minimum absolute atomic E-state index is 0.220. The number of hydrogen-bond donors (Lipinski definition) is 0. The zero-order valence-electron chi connectivity index (χ0n) is 10.8. The van der Waals surface area contributed by atoms with Gasteiger partial charge >= 0.3 is 0 Å². The number of morpholine rings is 1. The molecule has 1 aromatic rings. The third-order valence-corrected chi connectivity index (χ3v) is 3.47. The molecule has 1 aromatic heterocycles. The zero-order chi connectivity index (χ0) is 12.4. The molecule has 0 N–H and O–H groups in total. The van der Waals surface area contributed by atoms with Gasteiger partial charge in [-0.2, -0.15) is 0 Å². The number of aldehydes is 1. The summed E-state index contributed by atoms with van der Waals surface area (Å²) in [7, 11) is 2.11. The van der Waals surface area contributed by atoms with E-state index in [0.717, 1.165) is 49.5 Å². The minimum Gasteiger partial charge on any atom is -0.374 e. The van der Waals surface area contributed by atoms with Crippen LogP contribution < -0.4 is 0 Å². The Hall–Kier alpha value is -1.13. The average molecular weight is 236 g/mol. The number of aryl methyl sites for hydroxylation is 1. The lowest BCUT2D eigenvalue weighted by molar-refractivity contribution is -0.0278. The molecular formula is C13H20N2O2. The summed E-state index contributed by atoms with van der Waals surface area (Å²) in [5, 5.41) is 0. The van der Waals surface area contributed by atoms with Gasteiger partial charge in [0.1, 0.15) is 0 Å². The van der Waals surface area contributed by atoms with Crippen LogP contribution in [-0.4, -0.2) is 48.6 Å². The number of ether oxygens (including phenoxy) is 1. The smallest absolute Gasteiger partial charge is 0.151 e. The van der Waals surface area contributed by atoms with Crippen molar-refractivity contribution in [2.75, 3.05) is 26.7 Å². The highest BCUT2D eigenvalue weighted by atomic mass is 16.5. The van der Waals surface area contributed by atoms with Crippen LogP contribution in [0.2, 0.25) is 0 Å². The molecule has 17 heavy (non-hydrogen) atoms. The molecule has 0 bridgehead atoms. The highest BCUT2D eigenvalue weighted by molar-refractivity contribution is 5.77. The summed E-state index contributed by atoms with van der Waals surface area (Å²) >= 11 is 0. The lowest BCUT2D eigenvalue weighted by atomic mass is 10.2. The highest BCUT2D eigenvalue weighted by Gasteiger charge is 2.20. The Balaban J connectivity index is 2.12. The van der Waals surface area contributed by atoms with E-state index < -0.39 is 0 Å². The van der Waals surface area contributed by atoms with Gasteiger partial charge in [-0.25, -0.2) is 0 Å². The zero-order valence-corrected chi connectivity index (χ0v) is 10.8. The lowest BCUT2D eigenvalue weighted by Gasteiger charge is -2.31. The Morgan fingerprint density at radius 1 is 1.53 bits per heavy atom. The Morgan fingerprint density at radius 3 is 2.88 bits per heavy atom. The van der Waals surface area contributed by atoms with E-state index in [-0.39, 0.29) is 6.10 Å². The molecule has 0 spiro atoms. The summed E-state index contributed by atoms with van der Waals surface area (Å²) in [4.78, 5) is 13.2. The predicted octanol–water partition coefficient (Wildman–Crippen LogP) is 1.25. The number of rotatable bonds is 3. The molecule has 1 fully saturated rings. The highest BCUT2D eigenvalue weighted by Crippen LogP contribution is 2.15. The molecule has 2 heterocycles. The summed E-state index contributed by atoms with van der Waals surface area (Å²) in [5.74, 6) is 0. The molecule has 2 rings (SSSR count). The summed E-state index contributed by atoms with van der Waals surface area (Å²) in [6, 6.07) is 1.94. The molecule has 1 aliphatic heterocycles. The van der Waals surface area contributed by atoms with Gasteiger partial charge in [0, 0.05) is 30.0 Å². The van der Waals surface area contributed by atoms with E-state index in [1.165, 1.54) is 0 Å². The minimum atomic E-state index is 0.220. The van der Waals surface area contributed by atoms with E-state index in [2.05, 4.69) is 16.5 Å². The van der Waals surface area contributed by atoms with Crippen molar-refractivity contribution < 1.29 is 9.53 Å². The Labute approximate surface area is 102 Å². The molecule has 0 aliphatic carbocycles. The number of carbonyl (C=O) groups excluding carboxylic acids is 1. The summed E-state index contributed by atoms with van der Waals surface area (Å²) in [6.45, 7) is 7.60. The number of hydrogen-bond acceptors (Lipinski definition) is 3. The molecule has 1 atom stereocenters. The second-order valence-corrected chi connectivity index (χ2v) is 4.81. The predicted molar refractivity (Wildman–Crippen MR) is 66.5 cm³/mol. The van der Waals surface area contributed by atoms with Crippen LogP contribution in [0.5, 0.6) is 0 Å². The second kappa shape index (κ2) is 5.02. The van der Waals surface area contributed by atoms with Crippen molar-refractivity contribution in [3.63, 3.8) is 0 Å². The maximum Gasteiger partial charge on any atom is 0.151 e. The van der Waals surface area contributed by atoms with E-state index in [9.17, 15) is 4.79 Å². The molecule has 1 saturated heterocycles. The fourth-order valence-corrected chi connectivity index (χ4v) is 2.41. The van der Waals surface area contributed by atoms with Crippen molar-refractivity contribution in [1.29, 1.82) is 0 Å². The van der Waals surface area contributed by atoms with Crippen molar-refractivity contribution in [3.8, 4) is 0 Å². The van der Waals surface area contributed by atoms with Gasteiger partial charge in [-0.05, 0) is 27.0 Å². The van der Waals surface area contributed by atoms with E-state index in [4.69, 9.17) is 4.74 Å². The van der Waals surface area contributed by atoms with Gasteiger partial charge in [-0.1, -0.05) is 0 Å². The first kappa shape index (κ1) is 12.3. The van der Waals surface area contributed by atoms with Gasteiger partial charge in [-0.3, -0.25) is 4.79 Å². The quantitative estimate of drug-likeness (QED) is 0.741. The number of likely N-dealkylation sites (N-methyl/N-ethyl adjacent to an activating group) is 1. The molecule has 1 unspecified atom stereocenters. The number of aromatic nitrogens is 1. The van der Waals surface area contributed by atoms with E-state index in [1.54, 1.807) is 0 Å². The van der Waals surface area contributed by atoms with Gasteiger partial charge in [0.25, 0.3) is 0 Å². The largest absolute Gasteiger partial charge is 0.374 e. The standard InChI is InChI=1S/C13H20N2O2/c1-10-6-12(9-16)11(2)15(10)8-13-7-14(3)4-5-17-13/h6,9,13H,4-5,7-8H2,1-3H3. The molecule has 94 valence electrons. The van der Waals surface area contributed by atoms with Crippen LogP contribution in [0.4, 0.5) is 0 Å². The fraction of sp³-hybridized carbons (Fsp3) is 0.615. The van der Waals surface area contributed by atoms with E-state index >= 15 is 0 Å². The monoisotopic (exact) mass is 236 g/mol. The average Bonchev–Trinajstić information content (AvgIpc) is 2.56. The summed E-state index contributed by atoms with van der Waals surface area (Å²) in [5.41, 5.74) is 2.95. The van der Waals surface area contributed by atoms with Crippen LogP contribution in [0.1, 0.15) is 21.7 Å². The molecule has 0 aromatic carbocycles. The molecular weight excluding hydrogens is 216 g/mol. The SMILES string of the molecule is Cc1cc(C=O)c(C)n1CC1CN(C)CCO1. The molecule has 0 saturated carbocycles. The topological polar surface area (TPSA) is 34.5 Å². The molecule has 4 nitrogen and oxygen atoms in total. The van der Waals surface area contributed by atoms with Crippen LogP contribution in [0.25, 0.3) is 0 Å². The van der Waals surface area contributed by atoms with Crippen LogP contribution >= 0.6 is 0 Å². The van der Waals surface area contributed by atoms with Crippen molar-refractivity contribution in [2.24, 2.45) is 0 Å². The normalized spacial score (nSPS) is 21.7. The van der Waals surface area contributed by atoms with E-state index in [1.807, 2.05) is 19.9 Å². The second-order valence-electron chi connectivity index (χ2n) is 4.81. The van der Waals surface area contributed by atoms with Crippen LogP contribution in [0.15, 0.2) is 6.07 Å². The first-order valence-corrected chi connectivity index (χ1v) is 6.04. The van der Waals surface area contributed by atoms with Gasteiger partial charge < -0.3 is 14.2 Å². The Bertz CT molecular complexity index is 412. The van der Waals surface area contributed by atoms with Gasteiger partial charge in [-0.15, -0.1) is 0 Å². The fourth-order valence-electron chi connectivity index (χ4n) is 2.41. The number of nitrogens with zero attached hydrogens (tertiary/aromatic N) is 2. The Kier molecular flexibility index (Phi) is 3.64. The third-order valence-electron chi connectivity index (χ3n) is 3.47. The van der Waals surface area contributed by atoms with Crippen molar-refractivity contribution in [3.05, 3.63) is 23.0 Å². The van der Waals surface area contributed by atoms with Gasteiger partial charge in [0.2, 0.25) is 0 Å². The van der Waals surface area contributed by atoms with Gasteiger partial charge in [0.15, 0.2) is 6.29 Å². The maximum absolute atomic E-state index is 10.9. The lowest BCUT2D eigenvalue weighted by Crippen LogP contribution is -2.42. The van der Waals surface area contributed by atoms with Gasteiger partial charge in [0.05, 0.1) is 19.3 Å². The van der Waals surface area contributed by atoms with Crippen molar-refractivity contribution in [1.82, 2.24) is 9.47 Å².